The number of hydrogen-bond donors (Lipinski definition) is 1. The average Bonchev–Trinajstić information content (AvgIpc) is 3.63. The van der Waals surface area contributed by atoms with E-state index < -0.39 is 6.04 Å². The topological polar surface area (TPSA) is 105 Å². The number of thioether (sulfide) groups is 1. The van der Waals surface area contributed by atoms with Crippen LogP contribution < -0.4 is 10.2 Å². The number of aromatic nitrogens is 2. The molecule has 1 saturated carbocycles. The highest BCUT2D eigenvalue weighted by Gasteiger charge is 2.35. The van der Waals surface area contributed by atoms with Crippen LogP contribution in [0.3, 0.4) is 0 Å². The zero-order valence-corrected chi connectivity index (χ0v) is 24.0. The Morgan fingerprint density at radius 3 is 2.67 bits per heavy atom. The van der Waals surface area contributed by atoms with Gasteiger partial charge in [-0.25, -0.2) is 0 Å². The number of Topliss-reactive ketones (excluding diaryl/α,β-unsaturated/α-hetero) is 1. The van der Waals surface area contributed by atoms with Crippen molar-refractivity contribution in [2.45, 2.75) is 57.5 Å². The molecule has 0 radical (unpaired) electrons. The summed E-state index contributed by atoms with van der Waals surface area (Å²) in [6.07, 6.45) is 7.04. The molecule has 1 aliphatic carbocycles. The van der Waals surface area contributed by atoms with Gasteiger partial charge in [0.1, 0.15) is 17.6 Å². The Balaban J connectivity index is 1.39. The van der Waals surface area contributed by atoms with Crippen LogP contribution in [0, 0.1) is 6.92 Å². The van der Waals surface area contributed by atoms with Crippen molar-refractivity contribution < 1.29 is 18.9 Å². The maximum atomic E-state index is 13.9. The van der Waals surface area contributed by atoms with Crippen LogP contribution in [0.1, 0.15) is 54.5 Å². The lowest BCUT2D eigenvalue weighted by Gasteiger charge is -2.32. The highest BCUT2D eigenvalue weighted by Crippen LogP contribution is 2.33. The van der Waals surface area contributed by atoms with Crippen LogP contribution in [0.2, 0.25) is 0 Å². The number of benzene rings is 1. The van der Waals surface area contributed by atoms with Crippen molar-refractivity contribution in [3.63, 3.8) is 0 Å². The first-order valence-corrected chi connectivity index (χ1v) is 15.5. The number of carbonyl (C=O) groups excluding carboxylic acids is 3. The van der Waals surface area contributed by atoms with Gasteiger partial charge < -0.3 is 9.84 Å². The van der Waals surface area contributed by atoms with Gasteiger partial charge >= 0.3 is 0 Å². The molecule has 0 bridgehead atoms. The highest BCUT2D eigenvalue weighted by atomic mass is 32.2. The van der Waals surface area contributed by atoms with E-state index in [0.29, 0.717) is 17.1 Å². The second-order valence-electron chi connectivity index (χ2n) is 10.0. The molecule has 2 amide bonds. The number of carbonyl (C=O) groups is 3. The fraction of sp³-hybridized carbons (Fsp3) is 0.367. The number of nitrogens with zero attached hydrogens (tertiary/aromatic N) is 3. The van der Waals surface area contributed by atoms with Crippen molar-refractivity contribution >= 4 is 57.3 Å². The van der Waals surface area contributed by atoms with E-state index in [-0.39, 0.29) is 41.6 Å². The van der Waals surface area contributed by atoms with Gasteiger partial charge in [-0.1, -0.05) is 48.7 Å². The van der Waals surface area contributed by atoms with Gasteiger partial charge in [-0.05, 0) is 43.3 Å². The Morgan fingerprint density at radius 1 is 1.10 bits per heavy atom. The van der Waals surface area contributed by atoms with E-state index in [9.17, 15) is 14.4 Å². The molecule has 1 N–H and O–H groups in total. The second-order valence-corrected chi connectivity index (χ2v) is 12.0. The van der Waals surface area contributed by atoms with Gasteiger partial charge in [0.2, 0.25) is 11.8 Å². The van der Waals surface area contributed by atoms with Crippen LogP contribution in [-0.4, -0.2) is 45.3 Å². The van der Waals surface area contributed by atoms with Crippen molar-refractivity contribution in [3.05, 3.63) is 76.4 Å². The number of thiophene rings is 1. The van der Waals surface area contributed by atoms with E-state index in [0.717, 1.165) is 41.5 Å². The minimum Gasteiger partial charge on any atom is -0.361 e. The molecular formula is C30H32N4O4S2. The SMILES string of the molecule is Cc1cc(CC(=O)CSCC(=O)N(c2cnc3ccccc3c2)C(C(=O)NC2CCCCC2)c2cccs2)no1. The van der Waals surface area contributed by atoms with E-state index in [1.54, 1.807) is 24.1 Å². The summed E-state index contributed by atoms with van der Waals surface area (Å²) in [5.74, 6) is 0.336. The predicted molar refractivity (Wildman–Crippen MR) is 159 cm³/mol. The molecule has 0 aliphatic heterocycles. The molecule has 1 atom stereocenters. The van der Waals surface area contributed by atoms with Gasteiger partial charge in [0.05, 0.1) is 41.0 Å². The minimum absolute atomic E-state index is 0.0367. The van der Waals surface area contributed by atoms with Crippen LogP contribution in [0.4, 0.5) is 5.69 Å². The molecule has 4 aromatic rings. The Bertz CT molecular complexity index is 1460. The molecule has 40 heavy (non-hydrogen) atoms. The van der Waals surface area contributed by atoms with Crippen LogP contribution >= 0.6 is 23.1 Å². The van der Waals surface area contributed by atoms with Gasteiger partial charge in [0.25, 0.3) is 0 Å². The predicted octanol–water partition coefficient (Wildman–Crippen LogP) is 5.66. The van der Waals surface area contributed by atoms with Crippen LogP contribution in [0.25, 0.3) is 10.9 Å². The van der Waals surface area contributed by atoms with Crippen LogP contribution in [-0.2, 0) is 20.8 Å². The molecule has 1 fully saturated rings. The quantitative estimate of drug-likeness (QED) is 0.246. The fourth-order valence-electron chi connectivity index (χ4n) is 5.05. The van der Waals surface area contributed by atoms with Crippen molar-refractivity contribution in [1.29, 1.82) is 0 Å². The number of amides is 2. The molecule has 0 spiro atoms. The lowest BCUT2D eigenvalue weighted by atomic mass is 9.95. The summed E-state index contributed by atoms with van der Waals surface area (Å²) in [6, 6.07) is 14.4. The minimum atomic E-state index is -0.841. The number of fused-ring (bicyclic) bond motifs is 1. The van der Waals surface area contributed by atoms with E-state index in [1.807, 2.05) is 47.8 Å². The Hall–Kier alpha value is -3.50. The smallest absolute Gasteiger partial charge is 0.248 e. The third kappa shape index (κ3) is 6.98. The molecule has 208 valence electrons. The normalized spacial score (nSPS) is 14.6. The van der Waals surface area contributed by atoms with Crippen molar-refractivity contribution in [3.8, 4) is 0 Å². The van der Waals surface area contributed by atoms with Gasteiger partial charge in [0.15, 0.2) is 0 Å². The number of anilines is 1. The molecule has 3 heterocycles. The number of rotatable bonds is 11. The maximum Gasteiger partial charge on any atom is 0.248 e. The molecule has 5 rings (SSSR count). The highest BCUT2D eigenvalue weighted by molar-refractivity contribution is 8.00. The number of pyridine rings is 1. The fourth-order valence-corrected chi connectivity index (χ4v) is 6.61. The van der Waals surface area contributed by atoms with Gasteiger partial charge in [-0.15, -0.1) is 23.1 Å². The molecule has 8 nitrogen and oxygen atoms in total. The summed E-state index contributed by atoms with van der Waals surface area (Å²) in [7, 11) is 0. The Morgan fingerprint density at radius 2 is 1.93 bits per heavy atom. The number of aryl methyl sites for hydroxylation is 1. The third-order valence-electron chi connectivity index (χ3n) is 6.94. The summed E-state index contributed by atoms with van der Waals surface area (Å²) in [5.41, 5.74) is 1.93. The molecule has 3 aromatic heterocycles. The third-order valence-corrected chi connectivity index (χ3v) is 8.84. The molecule has 1 unspecified atom stereocenters. The first-order chi connectivity index (χ1) is 19.5. The van der Waals surface area contributed by atoms with E-state index >= 15 is 0 Å². The monoisotopic (exact) mass is 576 g/mol. The van der Waals surface area contributed by atoms with Gasteiger partial charge in [0, 0.05) is 22.4 Å². The average molecular weight is 577 g/mol. The zero-order valence-electron chi connectivity index (χ0n) is 22.4. The molecule has 10 heteroatoms. The largest absolute Gasteiger partial charge is 0.361 e. The van der Waals surface area contributed by atoms with Gasteiger partial charge in [-0.2, -0.15) is 0 Å². The number of hydrogen-bond acceptors (Lipinski definition) is 8. The molecule has 1 aromatic carbocycles. The Labute approximate surface area is 241 Å². The van der Waals surface area contributed by atoms with Crippen molar-refractivity contribution in [2.75, 3.05) is 16.4 Å². The summed E-state index contributed by atoms with van der Waals surface area (Å²) >= 11 is 2.68. The molecule has 1 aliphatic rings. The lowest BCUT2D eigenvalue weighted by molar-refractivity contribution is -0.126. The van der Waals surface area contributed by atoms with Crippen molar-refractivity contribution in [1.82, 2.24) is 15.5 Å². The van der Waals surface area contributed by atoms with Crippen molar-refractivity contribution in [2.24, 2.45) is 0 Å². The van der Waals surface area contributed by atoms with E-state index in [4.69, 9.17) is 4.52 Å². The van der Waals surface area contributed by atoms with E-state index in [1.165, 1.54) is 29.5 Å². The standard InChI is InChI=1S/C30H32N4O4S2/c1-20-14-23(33-38-20)16-25(35)18-39-19-28(36)34(24-15-21-8-5-6-11-26(21)31-17-24)29(27-12-7-13-40-27)30(37)32-22-9-3-2-4-10-22/h5-8,11-15,17,22,29H,2-4,9-10,16,18-19H2,1H3,(H,32,37). The number of ketones is 1. The maximum absolute atomic E-state index is 13.9. The Kier molecular flexibility index (Phi) is 9.28. The summed E-state index contributed by atoms with van der Waals surface area (Å²) in [5, 5.41) is 9.90. The molecule has 0 saturated heterocycles. The summed E-state index contributed by atoms with van der Waals surface area (Å²) < 4.78 is 5.04. The summed E-state index contributed by atoms with van der Waals surface area (Å²) in [4.78, 5) is 47.3. The van der Waals surface area contributed by atoms with Crippen LogP contribution in [0.15, 0.2) is 64.6 Å². The van der Waals surface area contributed by atoms with Crippen LogP contribution in [0.5, 0.6) is 0 Å². The van der Waals surface area contributed by atoms with E-state index in [2.05, 4.69) is 15.5 Å². The molecular weight excluding hydrogens is 544 g/mol. The second kappa shape index (κ2) is 13.2. The zero-order chi connectivity index (χ0) is 27.9. The number of nitrogens with one attached hydrogen (secondary N) is 1. The lowest BCUT2D eigenvalue weighted by Crippen LogP contribution is -2.47. The first-order valence-electron chi connectivity index (χ1n) is 13.5. The van der Waals surface area contributed by atoms with Gasteiger partial charge in [-0.3, -0.25) is 24.3 Å². The number of para-hydroxylation sites is 1. The first kappa shape index (κ1) is 28.0. The summed E-state index contributed by atoms with van der Waals surface area (Å²) in [6.45, 7) is 1.78.